The fourth-order valence-corrected chi connectivity index (χ4v) is 2.54. The third-order valence-electron chi connectivity index (χ3n) is 3.94. The van der Waals surface area contributed by atoms with Gasteiger partial charge < -0.3 is 10.6 Å². The van der Waals surface area contributed by atoms with Crippen molar-refractivity contribution in [3.8, 4) is 5.69 Å². The minimum Gasteiger partial charge on any atom is -0.332 e. The van der Waals surface area contributed by atoms with Gasteiger partial charge in [0, 0.05) is 11.1 Å². The molecule has 0 atom stereocenters. The zero-order valence-electron chi connectivity index (χ0n) is 15.5. The molecule has 6 nitrogen and oxygen atoms in total. The maximum atomic E-state index is 13.1. The van der Waals surface area contributed by atoms with Crippen molar-refractivity contribution >= 4 is 40.0 Å². The Kier molecular flexibility index (Phi) is 4.93. The van der Waals surface area contributed by atoms with Gasteiger partial charge in [-0.15, -0.1) is 10.2 Å². The molecule has 0 aliphatic carbocycles. The maximum absolute atomic E-state index is 13.1. The number of anilines is 1. The minimum absolute atomic E-state index is 0.166. The molecule has 0 fully saturated rings. The maximum Gasteiger partial charge on any atom is 0.231 e. The number of aromatic nitrogens is 3. The van der Waals surface area contributed by atoms with Crippen LogP contribution in [0.3, 0.4) is 0 Å². The van der Waals surface area contributed by atoms with Gasteiger partial charge >= 0.3 is 0 Å². The second kappa shape index (κ2) is 7.03. The Hall–Kier alpha value is -2.87. The highest BCUT2D eigenvalue weighted by Gasteiger charge is 2.22. The lowest BCUT2D eigenvalue weighted by Crippen LogP contribution is -2.41. The summed E-state index contributed by atoms with van der Waals surface area (Å²) in [5, 5.41) is 14.8. The van der Waals surface area contributed by atoms with E-state index >= 15 is 0 Å². The van der Waals surface area contributed by atoms with E-state index in [-0.39, 0.29) is 16.8 Å². The summed E-state index contributed by atoms with van der Waals surface area (Å²) in [5.74, 6) is -0.482. The normalized spacial score (nSPS) is 11.4. The second-order valence-electron chi connectivity index (χ2n) is 7.28. The number of nitrogens with one attached hydrogen (secondary N) is 2. The van der Waals surface area contributed by atoms with Crippen molar-refractivity contribution in [2.24, 2.45) is 5.41 Å². The van der Waals surface area contributed by atoms with Gasteiger partial charge in [0.1, 0.15) is 16.9 Å². The lowest BCUT2D eigenvalue weighted by molar-refractivity contribution is -0.126. The molecule has 8 heteroatoms. The van der Waals surface area contributed by atoms with E-state index in [4.69, 9.17) is 12.2 Å². The van der Waals surface area contributed by atoms with Crippen molar-refractivity contribution in [2.75, 3.05) is 5.32 Å². The number of fused-ring (bicyclic) bond motifs is 1. The number of carbonyl (C=O) groups excluding carboxylic acids is 1. The molecule has 0 saturated carbocycles. The van der Waals surface area contributed by atoms with Crippen LogP contribution in [0.4, 0.5) is 10.1 Å². The molecule has 0 unspecified atom stereocenters. The van der Waals surface area contributed by atoms with Crippen LogP contribution in [0.1, 0.15) is 26.3 Å². The van der Waals surface area contributed by atoms with Crippen molar-refractivity contribution in [3.63, 3.8) is 0 Å². The van der Waals surface area contributed by atoms with Crippen molar-refractivity contribution in [1.82, 2.24) is 20.3 Å². The van der Waals surface area contributed by atoms with Crippen LogP contribution in [-0.4, -0.2) is 26.0 Å². The highest BCUT2D eigenvalue weighted by Crippen LogP contribution is 2.22. The Morgan fingerprint density at radius 1 is 1.11 bits per heavy atom. The molecule has 3 rings (SSSR count). The third kappa shape index (κ3) is 4.28. The van der Waals surface area contributed by atoms with E-state index in [0.29, 0.717) is 16.7 Å². The van der Waals surface area contributed by atoms with Crippen LogP contribution >= 0.6 is 12.2 Å². The smallest absolute Gasteiger partial charge is 0.231 e. The summed E-state index contributed by atoms with van der Waals surface area (Å²) in [6.07, 6.45) is 0. The van der Waals surface area contributed by atoms with E-state index < -0.39 is 5.41 Å². The number of nitrogens with zero attached hydrogens (tertiary/aromatic N) is 3. The Bertz CT molecular complexity index is 1020. The van der Waals surface area contributed by atoms with Crippen LogP contribution in [0.15, 0.2) is 36.4 Å². The van der Waals surface area contributed by atoms with Gasteiger partial charge in [0.15, 0.2) is 5.11 Å². The molecular formula is C19H20FN5OS. The molecule has 1 amide bonds. The van der Waals surface area contributed by atoms with Gasteiger partial charge in [-0.1, -0.05) is 20.8 Å². The summed E-state index contributed by atoms with van der Waals surface area (Å²) >= 11 is 5.24. The number of hydrogen-bond acceptors (Lipinski definition) is 4. The Labute approximate surface area is 161 Å². The van der Waals surface area contributed by atoms with Gasteiger partial charge in [0.05, 0.1) is 5.69 Å². The molecule has 0 radical (unpaired) electrons. The predicted octanol–water partition coefficient (Wildman–Crippen LogP) is 3.73. The van der Waals surface area contributed by atoms with E-state index in [1.54, 1.807) is 12.1 Å². The van der Waals surface area contributed by atoms with Crippen LogP contribution < -0.4 is 10.6 Å². The number of carbonyl (C=O) groups is 1. The SMILES string of the molecule is Cc1cc2nn(-c3ccc(F)cc3)nc2cc1NC(=S)NC(=O)C(C)(C)C. The molecule has 3 aromatic rings. The molecule has 0 saturated heterocycles. The van der Waals surface area contributed by atoms with Gasteiger partial charge in [-0.2, -0.15) is 4.80 Å². The van der Waals surface area contributed by atoms with Crippen molar-refractivity contribution in [2.45, 2.75) is 27.7 Å². The summed E-state index contributed by atoms with van der Waals surface area (Å²) in [6.45, 7) is 7.36. The standard InChI is InChI=1S/C19H20FN5OS/c1-11-9-15-16(24-25(23-15)13-7-5-12(20)6-8-13)10-14(11)21-18(27)22-17(26)19(2,3)4/h5-10H,1-4H3,(H2,21,22,26,27). The fourth-order valence-electron chi connectivity index (χ4n) is 2.34. The van der Waals surface area contributed by atoms with Gasteiger partial charge in [0.2, 0.25) is 5.91 Å². The second-order valence-corrected chi connectivity index (χ2v) is 7.69. The largest absolute Gasteiger partial charge is 0.332 e. The van der Waals surface area contributed by atoms with E-state index in [1.807, 2.05) is 39.8 Å². The van der Waals surface area contributed by atoms with E-state index in [2.05, 4.69) is 20.8 Å². The fraction of sp³-hybridized carbons (Fsp3) is 0.263. The number of rotatable bonds is 2. The molecule has 2 N–H and O–H groups in total. The molecule has 0 aliphatic rings. The Morgan fingerprint density at radius 3 is 2.30 bits per heavy atom. The number of benzene rings is 2. The Morgan fingerprint density at radius 2 is 1.70 bits per heavy atom. The highest BCUT2D eigenvalue weighted by molar-refractivity contribution is 7.80. The first-order valence-corrected chi connectivity index (χ1v) is 8.80. The molecule has 140 valence electrons. The Balaban J connectivity index is 1.85. The predicted molar refractivity (Wildman–Crippen MR) is 107 cm³/mol. The number of amides is 1. The first kappa shape index (κ1) is 18.9. The van der Waals surface area contributed by atoms with Crippen molar-refractivity contribution in [3.05, 3.63) is 47.8 Å². The summed E-state index contributed by atoms with van der Waals surface area (Å²) < 4.78 is 13.1. The highest BCUT2D eigenvalue weighted by atomic mass is 32.1. The number of halogens is 1. The van der Waals surface area contributed by atoms with Crippen LogP contribution in [-0.2, 0) is 4.79 Å². The van der Waals surface area contributed by atoms with E-state index in [0.717, 1.165) is 11.3 Å². The van der Waals surface area contributed by atoms with Gasteiger partial charge in [-0.05, 0) is 61.1 Å². The zero-order chi connectivity index (χ0) is 19.8. The third-order valence-corrected chi connectivity index (χ3v) is 4.14. The van der Waals surface area contributed by atoms with Gasteiger partial charge in [-0.25, -0.2) is 4.39 Å². The lowest BCUT2D eigenvalue weighted by Gasteiger charge is -2.19. The first-order chi connectivity index (χ1) is 12.6. The molecule has 2 aromatic carbocycles. The zero-order valence-corrected chi connectivity index (χ0v) is 16.3. The van der Waals surface area contributed by atoms with Crippen LogP contribution in [0, 0.1) is 18.2 Å². The molecule has 1 heterocycles. The van der Waals surface area contributed by atoms with E-state index in [9.17, 15) is 9.18 Å². The van der Waals surface area contributed by atoms with Gasteiger partial charge in [0.25, 0.3) is 0 Å². The van der Waals surface area contributed by atoms with E-state index in [1.165, 1.54) is 16.9 Å². The van der Waals surface area contributed by atoms with Crippen molar-refractivity contribution < 1.29 is 9.18 Å². The van der Waals surface area contributed by atoms with Crippen LogP contribution in [0.2, 0.25) is 0 Å². The molecule has 0 aliphatic heterocycles. The average Bonchev–Trinajstić information content (AvgIpc) is 2.97. The monoisotopic (exact) mass is 385 g/mol. The molecule has 27 heavy (non-hydrogen) atoms. The number of aryl methyl sites for hydroxylation is 1. The number of hydrogen-bond donors (Lipinski definition) is 2. The van der Waals surface area contributed by atoms with Crippen LogP contribution in [0.25, 0.3) is 16.7 Å². The molecule has 0 spiro atoms. The van der Waals surface area contributed by atoms with Crippen LogP contribution in [0.5, 0.6) is 0 Å². The lowest BCUT2D eigenvalue weighted by atomic mass is 9.96. The first-order valence-electron chi connectivity index (χ1n) is 8.39. The van der Waals surface area contributed by atoms with Crippen molar-refractivity contribution in [1.29, 1.82) is 0 Å². The molecule has 0 bridgehead atoms. The average molecular weight is 385 g/mol. The summed E-state index contributed by atoms with van der Waals surface area (Å²) in [7, 11) is 0. The quantitative estimate of drug-likeness (QED) is 0.658. The van der Waals surface area contributed by atoms with Gasteiger partial charge in [-0.3, -0.25) is 4.79 Å². The number of thiocarbonyl (C=S) groups is 1. The summed E-state index contributed by atoms with van der Waals surface area (Å²) in [4.78, 5) is 13.5. The minimum atomic E-state index is -0.539. The molecular weight excluding hydrogens is 365 g/mol. The summed E-state index contributed by atoms with van der Waals surface area (Å²) in [5.41, 5.74) is 3.11. The summed E-state index contributed by atoms with van der Waals surface area (Å²) in [6, 6.07) is 9.62. The topological polar surface area (TPSA) is 71.8 Å². The molecule has 1 aromatic heterocycles.